The Bertz CT molecular complexity index is 159. The third kappa shape index (κ3) is 0.795. The number of hydrogen-bond acceptors (Lipinski definition) is 3. The fourth-order valence-electron chi connectivity index (χ4n) is 0.433. The Balaban J connectivity index is 2.88. The highest BCUT2D eigenvalue weighted by atomic mass is 19.3. The van der Waals surface area contributed by atoms with Crippen LogP contribution in [-0.4, -0.2) is 18.1 Å². The Morgan fingerprint density at radius 1 is 1.30 bits per heavy atom. The average molecular weight is 156 g/mol. The van der Waals surface area contributed by atoms with Gasteiger partial charge in [-0.3, -0.25) is 0 Å². The Labute approximate surface area is 53.7 Å². The molecule has 0 aromatic heterocycles. The predicted molar refractivity (Wildman–Crippen MR) is 22.0 cm³/mol. The van der Waals surface area contributed by atoms with Crippen molar-refractivity contribution in [2.75, 3.05) is 0 Å². The van der Waals surface area contributed by atoms with E-state index in [4.69, 9.17) is 0 Å². The van der Waals surface area contributed by atoms with Crippen molar-refractivity contribution in [2.45, 2.75) is 18.9 Å². The van der Waals surface area contributed by atoms with E-state index in [1.165, 1.54) is 0 Å². The summed E-state index contributed by atoms with van der Waals surface area (Å²) in [6, 6.07) is 0. The van der Waals surface area contributed by atoms with E-state index < -0.39 is 18.1 Å². The molecule has 1 saturated heterocycles. The fourth-order valence-corrected chi connectivity index (χ4v) is 0.433. The first-order valence-corrected chi connectivity index (χ1v) is 2.34. The Morgan fingerprint density at radius 2 is 1.80 bits per heavy atom. The molecule has 1 aliphatic rings. The number of ether oxygens (including phenoxy) is 2. The molecule has 1 aliphatic heterocycles. The number of rotatable bonds is 0. The van der Waals surface area contributed by atoms with E-state index in [1.807, 2.05) is 0 Å². The highest BCUT2D eigenvalue weighted by Crippen LogP contribution is 2.40. The molecule has 0 radical (unpaired) electrons. The van der Waals surface area contributed by atoms with Gasteiger partial charge in [-0.15, -0.1) is 0 Å². The number of halogens is 3. The maximum atomic E-state index is 12.3. The van der Waals surface area contributed by atoms with Gasteiger partial charge in [-0.25, -0.2) is 4.79 Å². The fraction of sp³-hybridized carbons (Fsp3) is 0.750. The van der Waals surface area contributed by atoms with Gasteiger partial charge in [0.2, 0.25) is 0 Å². The van der Waals surface area contributed by atoms with Crippen LogP contribution in [0.5, 0.6) is 0 Å². The second kappa shape index (κ2) is 1.56. The molecule has 1 atom stereocenters. The van der Waals surface area contributed by atoms with E-state index in [1.54, 1.807) is 0 Å². The first-order valence-electron chi connectivity index (χ1n) is 2.34. The van der Waals surface area contributed by atoms with Crippen molar-refractivity contribution in [3.8, 4) is 0 Å². The first kappa shape index (κ1) is 7.17. The number of cyclic esters (lactones) is 2. The second-order valence-corrected chi connectivity index (χ2v) is 1.89. The van der Waals surface area contributed by atoms with Crippen LogP contribution in [0.25, 0.3) is 0 Å². The van der Waals surface area contributed by atoms with Crippen molar-refractivity contribution in [3.05, 3.63) is 0 Å². The Kier molecular flexibility index (Phi) is 1.12. The minimum absolute atomic E-state index is 0.415. The summed E-state index contributed by atoms with van der Waals surface area (Å²) in [4.78, 5) is 9.91. The van der Waals surface area contributed by atoms with Gasteiger partial charge in [-0.2, -0.15) is 13.2 Å². The molecule has 1 fully saturated rings. The number of carbonyl (C=O) groups excluding carboxylic acids is 1. The van der Waals surface area contributed by atoms with Crippen LogP contribution >= 0.6 is 0 Å². The summed E-state index contributed by atoms with van der Waals surface area (Å²) in [5.74, 6) is -3.34. The van der Waals surface area contributed by atoms with Crippen LogP contribution in [0.1, 0.15) is 6.92 Å². The van der Waals surface area contributed by atoms with E-state index in [9.17, 15) is 18.0 Å². The molecule has 0 N–H and O–H groups in total. The molecule has 1 heterocycles. The topological polar surface area (TPSA) is 35.5 Å². The van der Waals surface area contributed by atoms with Crippen LogP contribution in [-0.2, 0) is 9.47 Å². The summed E-state index contributed by atoms with van der Waals surface area (Å²) in [7, 11) is 0. The zero-order valence-corrected chi connectivity index (χ0v) is 4.86. The lowest BCUT2D eigenvalue weighted by molar-refractivity contribution is -0.279. The van der Waals surface area contributed by atoms with Gasteiger partial charge < -0.3 is 9.47 Å². The van der Waals surface area contributed by atoms with Crippen molar-refractivity contribution < 1.29 is 27.4 Å². The average Bonchev–Trinajstić information content (AvgIpc) is 1.73. The third-order valence-corrected chi connectivity index (χ3v) is 1.01. The molecule has 58 valence electrons. The van der Waals surface area contributed by atoms with E-state index in [2.05, 4.69) is 9.47 Å². The largest absolute Gasteiger partial charge is 0.516 e. The van der Waals surface area contributed by atoms with Crippen LogP contribution in [0.4, 0.5) is 18.0 Å². The van der Waals surface area contributed by atoms with Gasteiger partial charge in [-0.05, 0) is 0 Å². The van der Waals surface area contributed by atoms with E-state index in [0.29, 0.717) is 6.92 Å². The third-order valence-electron chi connectivity index (χ3n) is 1.01. The molecule has 0 saturated carbocycles. The molecular weight excluding hydrogens is 153 g/mol. The summed E-state index contributed by atoms with van der Waals surface area (Å²) >= 11 is 0. The highest BCUT2D eigenvalue weighted by molar-refractivity contribution is 5.63. The molecule has 1 unspecified atom stereocenters. The lowest BCUT2D eigenvalue weighted by atomic mass is 10.3. The van der Waals surface area contributed by atoms with Crippen molar-refractivity contribution in [1.82, 2.24) is 0 Å². The summed E-state index contributed by atoms with van der Waals surface area (Å²) in [5.41, 5.74) is 0. The molecule has 6 heteroatoms. The van der Waals surface area contributed by atoms with Gasteiger partial charge in [0.05, 0.1) is 0 Å². The Morgan fingerprint density at radius 3 is 1.90 bits per heavy atom. The Hall–Kier alpha value is -0.940. The molecule has 0 amide bonds. The van der Waals surface area contributed by atoms with Gasteiger partial charge in [0.15, 0.2) is 0 Å². The molecule has 1 rings (SSSR count). The summed E-state index contributed by atoms with van der Waals surface area (Å²) in [5, 5.41) is 0. The van der Waals surface area contributed by atoms with Crippen molar-refractivity contribution in [2.24, 2.45) is 0 Å². The van der Waals surface area contributed by atoms with Gasteiger partial charge in [0.1, 0.15) is 0 Å². The standard InChI is InChI=1S/C4H3F3O3/c1-3(5)4(6,7)10-2(8)9-3/h1H3. The van der Waals surface area contributed by atoms with Crippen LogP contribution in [0.2, 0.25) is 0 Å². The number of carbonyl (C=O) groups is 1. The minimum Gasteiger partial charge on any atom is -0.386 e. The lowest BCUT2D eigenvalue weighted by Crippen LogP contribution is -2.37. The quantitative estimate of drug-likeness (QED) is 0.497. The predicted octanol–water partition coefficient (Wildman–Crippen LogP) is 1.43. The van der Waals surface area contributed by atoms with Gasteiger partial charge in [0, 0.05) is 6.92 Å². The highest BCUT2D eigenvalue weighted by Gasteiger charge is 2.65. The maximum absolute atomic E-state index is 12.3. The zero-order valence-electron chi connectivity index (χ0n) is 4.86. The summed E-state index contributed by atoms with van der Waals surface area (Å²) in [6.07, 6.45) is -5.88. The normalized spacial score (nSPS) is 37.0. The van der Waals surface area contributed by atoms with Crippen molar-refractivity contribution in [1.29, 1.82) is 0 Å². The van der Waals surface area contributed by atoms with Crippen LogP contribution in [0.15, 0.2) is 0 Å². The first-order chi connectivity index (χ1) is 4.35. The van der Waals surface area contributed by atoms with E-state index >= 15 is 0 Å². The van der Waals surface area contributed by atoms with E-state index in [0.717, 1.165) is 0 Å². The molecule has 3 nitrogen and oxygen atoms in total. The number of hydrogen-bond donors (Lipinski definition) is 0. The maximum Gasteiger partial charge on any atom is 0.516 e. The molecule has 0 aromatic rings. The molecular formula is C4H3F3O3. The summed E-state index contributed by atoms with van der Waals surface area (Å²) < 4.78 is 43.1. The van der Waals surface area contributed by atoms with E-state index in [-0.39, 0.29) is 0 Å². The summed E-state index contributed by atoms with van der Waals surface area (Å²) in [6.45, 7) is 0.415. The lowest BCUT2D eigenvalue weighted by Gasteiger charge is -2.14. The monoisotopic (exact) mass is 156 g/mol. The van der Waals surface area contributed by atoms with Gasteiger partial charge in [-0.1, -0.05) is 0 Å². The SMILES string of the molecule is CC1(F)OC(=O)OC1(F)F. The van der Waals surface area contributed by atoms with Crippen LogP contribution < -0.4 is 0 Å². The smallest absolute Gasteiger partial charge is 0.386 e. The molecule has 0 aliphatic carbocycles. The van der Waals surface area contributed by atoms with Crippen LogP contribution in [0, 0.1) is 0 Å². The second-order valence-electron chi connectivity index (χ2n) is 1.89. The molecule has 10 heavy (non-hydrogen) atoms. The van der Waals surface area contributed by atoms with Gasteiger partial charge in [0.25, 0.3) is 0 Å². The van der Waals surface area contributed by atoms with Crippen molar-refractivity contribution >= 4 is 6.16 Å². The van der Waals surface area contributed by atoms with Crippen molar-refractivity contribution in [3.63, 3.8) is 0 Å². The zero-order chi connectivity index (χ0) is 7.99. The number of alkyl halides is 3. The van der Waals surface area contributed by atoms with Crippen LogP contribution in [0.3, 0.4) is 0 Å². The minimum atomic E-state index is -4.18. The molecule has 0 aromatic carbocycles. The van der Waals surface area contributed by atoms with Gasteiger partial charge >= 0.3 is 18.1 Å². The molecule has 0 bridgehead atoms. The molecule has 0 spiro atoms.